The highest BCUT2D eigenvalue weighted by molar-refractivity contribution is 7.99. The molecule has 1 saturated carbocycles. The third-order valence-electron chi connectivity index (χ3n) is 4.28. The molecule has 1 aliphatic carbocycles. The Kier molecular flexibility index (Phi) is 6.24. The van der Waals surface area contributed by atoms with Crippen molar-refractivity contribution in [1.82, 2.24) is 0 Å². The summed E-state index contributed by atoms with van der Waals surface area (Å²) < 4.78 is 0. The molecule has 0 unspecified atom stereocenters. The smallest absolute Gasteiger partial charge is 0.0420 e. The number of hydrogen-bond donors (Lipinski definition) is 1. The van der Waals surface area contributed by atoms with E-state index >= 15 is 0 Å². The van der Waals surface area contributed by atoms with Gasteiger partial charge in [0.1, 0.15) is 0 Å². The first-order valence-electron chi connectivity index (χ1n) is 7.92. The van der Waals surface area contributed by atoms with Gasteiger partial charge in [0.2, 0.25) is 0 Å². The van der Waals surface area contributed by atoms with Crippen molar-refractivity contribution in [2.45, 2.75) is 50.5 Å². The lowest BCUT2D eigenvalue weighted by atomic mass is 9.89. The number of nitrogens with zero attached hydrogens (tertiary/aromatic N) is 1. The molecule has 0 aromatic heterocycles. The van der Waals surface area contributed by atoms with E-state index in [1.54, 1.807) is 0 Å². The molecule has 20 heavy (non-hydrogen) atoms. The number of anilines is 1. The van der Waals surface area contributed by atoms with Gasteiger partial charge in [-0.2, -0.15) is 0 Å². The molecule has 0 atom stereocenters. The Labute approximate surface area is 128 Å². The maximum atomic E-state index is 6.01. The molecule has 112 valence electrons. The molecule has 0 spiro atoms. The molecule has 2 N–H and O–H groups in total. The number of hydrogen-bond acceptors (Lipinski definition) is 3. The molecule has 0 amide bonds. The summed E-state index contributed by atoms with van der Waals surface area (Å²) in [5.74, 6) is 1.96. The Bertz CT molecular complexity index is 413. The van der Waals surface area contributed by atoms with E-state index in [0.717, 1.165) is 11.7 Å². The van der Waals surface area contributed by atoms with Crippen LogP contribution in [0.4, 0.5) is 5.69 Å². The number of thioether (sulfide) groups is 1. The summed E-state index contributed by atoms with van der Waals surface area (Å²) in [6.07, 6.45) is 7.04. The van der Waals surface area contributed by atoms with Gasteiger partial charge >= 0.3 is 0 Å². The van der Waals surface area contributed by atoms with E-state index in [2.05, 4.69) is 37.1 Å². The van der Waals surface area contributed by atoms with Gasteiger partial charge in [0, 0.05) is 36.3 Å². The summed E-state index contributed by atoms with van der Waals surface area (Å²) in [7, 11) is 2.23. The summed E-state index contributed by atoms with van der Waals surface area (Å²) in [4.78, 5) is 3.78. The molecule has 1 aliphatic rings. The Hall–Kier alpha value is -0.670. The highest BCUT2D eigenvalue weighted by Gasteiger charge is 2.17. The molecule has 2 nitrogen and oxygen atoms in total. The second-order valence-electron chi connectivity index (χ2n) is 5.78. The number of benzene rings is 1. The van der Waals surface area contributed by atoms with E-state index < -0.39 is 0 Å². The van der Waals surface area contributed by atoms with Gasteiger partial charge in [0.05, 0.1) is 0 Å². The zero-order valence-corrected chi connectivity index (χ0v) is 13.7. The van der Waals surface area contributed by atoms with Crippen LogP contribution in [0.1, 0.15) is 44.6 Å². The molecule has 2 rings (SSSR count). The molecular formula is C17H28N2S. The summed E-state index contributed by atoms with van der Waals surface area (Å²) in [6, 6.07) is 6.60. The van der Waals surface area contributed by atoms with Crippen LogP contribution in [-0.4, -0.2) is 19.3 Å². The lowest BCUT2D eigenvalue weighted by molar-refractivity contribution is 0.362. The minimum Gasteiger partial charge on any atom is -0.374 e. The standard InChI is InChI=1S/C17H28N2S/c1-3-20-17-11-7-10-16(15(17)12-18)19(2)13-14-8-5-4-6-9-14/h7,10-11,14H,3-6,8-9,12-13,18H2,1-2H3. The first-order valence-corrected chi connectivity index (χ1v) is 8.90. The second-order valence-corrected chi connectivity index (χ2v) is 7.08. The minimum atomic E-state index is 0.632. The van der Waals surface area contributed by atoms with Crippen LogP contribution < -0.4 is 10.6 Å². The van der Waals surface area contributed by atoms with E-state index in [9.17, 15) is 0 Å². The van der Waals surface area contributed by atoms with E-state index in [1.165, 1.54) is 54.8 Å². The average molecular weight is 292 g/mol. The van der Waals surface area contributed by atoms with Crippen LogP contribution in [0, 0.1) is 5.92 Å². The zero-order chi connectivity index (χ0) is 14.4. The molecule has 1 fully saturated rings. The van der Waals surface area contributed by atoms with Gasteiger partial charge in [0.25, 0.3) is 0 Å². The highest BCUT2D eigenvalue weighted by atomic mass is 32.2. The first kappa shape index (κ1) is 15.7. The normalized spacial score (nSPS) is 16.4. The Morgan fingerprint density at radius 3 is 2.65 bits per heavy atom. The van der Waals surface area contributed by atoms with Crippen LogP contribution in [0.2, 0.25) is 0 Å². The Morgan fingerprint density at radius 1 is 1.25 bits per heavy atom. The largest absolute Gasteiger partial charge is 0.374 e. The predicted molar refractivity (Wildman–Crippen MR) is 90.6 cm³/mol. The summed E-state index contributed by atoms with van der Waals surface area (Å²) >= 11 is 1.90. The third-order valence-corrected chi connectivity index (χ3v) is 5.26. The van der Waals surface area contributed by atoms with Crippen molar-refractivity contribution in [3.63, 3.8) is 0 Å². The molecule has 0 heterocycles. The maximum absolute atomic E-state index is 6.01. The van der Waals surface area contributed by atoms with Gasteiger partial charge in [-0.05, 0) is 36.6 Å². The Balaban J connectivity index is 2.11. The van der Waals surface area contributed by atoms with Crippen LogP contribution in [0.15, 0.2) is 23.1 Å². The van der Waals surface area contributed by atoms with Crippen molar-refractivity contribution in [2.24, 2.45) is 11.7 Å². The number of nitrogens with two attached hydrogens (primary N) is 1. The van der Waals surface area contributed by atoms with Gasteiger partial charge in [-0.3, -0.25) is 0 Å². The predicted octanol–water partition coefficient (Wildman–Crippen LogP) is 4.27. The van der Waals surface area contributed by atoms with Crippen molar-refractivity contribution in [3.05, 3.63) is 23.8 Å². The van der Waals surface area contributed by atoms with Gasteiger partial charge in [-0.15, -0.1) is 11.8 Å². The lowest BCUT2D eigenvalue weighted by Crippen LogP contribution is -2.28. The van der Waals surface area contributed by atoms with Crippen LogP contribution in [0.5, 0.6) is 0 Å². The van der Waals surface area contributed by atoms with E-state index in [-0.39, 0.29) is 0 Å². The van der Waals surface area contributed by atoms with Crippen LogP contribution in [0.25, 0.3) is 0 Å². The highest BCUT2D eigenvalue weighted by Crippen LogP contribution is 2.32. The van der Waals surface area contributed by atoms with Crippen molar-refractivity contribution in [3.8, 4) is 0 Å². The molecule has 1 aromatic rings. The lowest BCUT2D eigenvalue weighted by Gasteiger charge is -2.30. The zero-order valence-electron chi connectivity index (χ0n) is 12.9. The third kappa shape index (κ3) is 3.92. The van der Waals surface area contributed by atoms with Crippen molar-refractivity contribution < 1.29 is 0 Å². The monoisotopic (exact) mass is 292 g/mol. The van der Waals surface area contributed by atoms with Gasteiger partial charge in [-0.25, -0.2) is 0 Å². The SMILES string of the molecule is CCSc1cccc(N(C)CC2CCCCC2)c1CN. The quantitative estimate of drug-likeness (QED) is 0.794. The fraction of sp³-hybridized carbons (Fsp3) is 0.647. The van der Waals surface area contributed by atoms with E-state index in [4.69, 9.17) is 5.73 Å². The fourth-order valence-corrected chi connectivity index (χ4v) is 4.11. The molecule has 0 bridgehead atoms. The summed E-state index contributed by atoms with van der Waals surface area (Å²) in [5, 5.41) is 0. The maximum Gasteiger partial charge on any atom is 0.0420 e. The van der Waals surface area contributed by atoms with Crippen molar-refractivity contribution in [1.29, 1.82) is 0 Å². The molecule has 0 aliphatic heterocycles. The molecular weight excluding hydrogens is 264 g/mol. The van der Waals surface area contributed by atoms with Gasteiger partial charge in [-0.1, -0.05) is 32.3 Å². The number of rotatable bonds is 6. The molecule has 0 radical (unpaired) electrons. The summed E-state index contributed by atoms with van der Waals surface area (Å²) in [5.41, 5.74) is 8.66. The van der Waals surface area contributed by atoms with E-state index in [1.807, 2.05) is 11.8 Å². The first-order chi connectivity index (χ1) is 9.76. The van der Waals surface area contributed by atoms with Crippen LogP contribution >= 0.6 is 11.8 Å². The fourth-order valence-electron chi connectivity index (χ4n) is 3.26. The molecule has 0 saturated heterocycles. The van der Waals surface area contributed by atoms with Crippen LogP contribution in [-0.2, 0) is 6.54 Å². The topological polar surface area (TPSA) is 29.3 Å². The summed E-state index contributed by atoms with van der Waals surface area (Å²) in [6.45, 7) is 4.00. The minimum absolute atomic E-state index is 0.632. The van der Waals surface area contributed by atoms with Gasteiger partial charge < -0.3 is 10.6 Å². The Morgan fingerprint density at radius 2 is 2.00 bits per heavy atom. The molecule has 1 aromatic carbocycles. The van der Waals surface area contributed by atoms with Crippen molar-refractivity contribution in [2.75, 3.05) is 24.2 Å². The van der Waals surface area contributed by atoms with Crippen molar-refractivity contribution >= 4 is 17.4 Å². The molecule has 3 heteroatoms. The second kappa shape index (κ2) is 7.94. The van der Waals surface area contributed by atoms with E-state index in [0.29, 0.717) is 6.54 Å². The van der Waals surface area contributed by atoms with Gasteiger partial charge in [0.15, 0.2) is 0 Å². The average Bonchev–Trinajstić information content (AvgIpc) is 2.48. The van der Waals surface area contributed by atoms with Crippen LogP contribution in [0.3, 0.4) is 0 Å².